The van der Waals surface area contributed by atoms with Crippen molar-refractivity contribution in [3.05, 3.63) is 60.2 Å². The van der Waals surface area contributed by atoms with Crippen molar-refractivity contribution < 1.29 is 9.59 Å². The molecule has 2 aromatic carbocycles. The lowest BCUT2D eigenvalue weighted by Crippen LogP contribution is -2.41. The van der Waals surface area contributed by atoms with E-state index in [1.54, 1.807) is 24.3 Å². The van der Waals surface area contributed by atoms with E-state index in [2.05, 4.69) is 26.6 Å². The number of terminal acetylenes is 1. The lowest BCUT2D eigenvalue weighted by atomic mass is 10.2. The molecule has 0 radical (unpaired) electrons. The third-order valence-electron chi connectivity index (χ3n) is 3.97. The highest BCUT2D eigenvalue weighted by Gasteiger charge is 2.20. The summed E-state index contributed by atoms with van der Waals surface area (Å²) in [6.45, 7) is -0.319. The summed E-state index contributed by atoms with van der Waals surface area (Å²) in [6, 6.07) is 16.2. The summed E-state index contributed by atoms with van der Waals surface area (Å²) in [7, 11) is 1.51. The Morgan fingerprint density at radius 3 is 2.68 bits per heavy atom. The quantitative estimate of drug-likeness (QED) is 0.652. The Morgan fingerprint density at radius 2 is 1.96 bits per heavy atom. The van der Waals surface area contributed by atoms with Gasteiger partial charge in [-0.25, -0.2) is 0 Å². The zero-order valence-electron chi connectivity index (χ0n) is 15.2. The first-order chi connectivity index (χ1) is 13.6. The Labute approximate surface area is 162 Å². The molecule has 2 amide bonds. The first kappa shape index (κ1) is 18.8. The summed E-state index contributed by atoms with van der Waals surface area (Å²) in [6.07, 6.45) is 5.44. The Balaban J connectivity index is 1.82. The average Bonchev–Trinajstić information content (AvgIpc) is 3.20. The molecular weight excluding hydrogens is 356 g/mol. The van der Waals surface area contributed by atoms with E-state index < -0.39 is 0 Å². The SMILES string of the molecule is C#Cc1cccc(N(CC(=O)NC)C(=O)Cn2nnc(-c3ccccc3)n2)c1. The predicted molar refractivity (Wildman–Crippen MR) is 104 cm³/mol. The maximum atomic E-state index is 12.9. The lowest BCUT2D eigenvalue weighted by molar-refractivity contribution is -0.124. The van der Waals surface area contributed by atoms with Gasteiger partial charge in [0.2, 0.25) is 11.7 Å². The van der Waals surface area contributed by atoms with Crippen LogP contribution in [0, 0.1) is 12.3 Å². The summed E-state index contributed by atoms with van der Waals surface area (Å²) in [5.41, 5.74) is 1.93. The van der Waals surface area contributed by atoms with Crippen LogP contribution in [0.15, 0.2) is 54.6 Å². The van der Waals surface area contributed by atoms with Crippen molar-refractivity contribution in [2.45, 2.75) is 6.54 Å². The van der Waals surface area contributed by atoms with Crippen LogP contribution in [0.1, 0.15) is 5.56 Å². The number of likely N-dealkylation sites (N-methyl/N-ethyl adjacent to an activating group) is 1. The first-order valence-electron chi connectivity index (χ1n) is 8.51. The van der Waals surface area contributed by atoms with Gasteiger partial charge in [0, 0.05) is 23.9 Å². The third kappa shape index (κ3) is 4.40. The molecular formula is C20H18N6O2. The van der Waals surface area contributed by atoms with E-state index in [1.165, 1.54) is 16.7 Å². The summed E-state index contributed by atoms with van der Waals surface area (Å²) < 4.78 is 0. The van der Waals surface area contributed by atoms with Crippen molar-refractivity contribution in [1.29, 1.82) is 0 Å². The number of anilines is 1. The molecule has 28 heavy (non-hydrogen) atoms. The fraction of sp³-hybridized carbons (Fsp3) is 0.150. The molecule has 0 aliphatic heterocycles. The number of carbonyl (C=O) groups is 2. The van der Waals surface area contributed by atoms with E-state index in [9.17, 15) is 9.59 Å². The van der Waals surface area contributed by atoms with Gasteiger partial charge in [0.25, 0.3) is 5.91 Å². The van der Waals surface area contributed by atoms with E-state index >= 15 is 0 Å². The molecule has 0 aliphatic carbocycles. The molecule has 0 aliphatic rings. The molecule has 0 saturated carbocycles. The van der Waals surface area contributed by atoms with Crippen LogP contribution < -0.4 is 10.2 Å². The van der Waals surface area contributed by atoms with Gasteiger partial charge in [0.1, 0.15) is 13.1 Å². The minimum atomic E-state index is -0.366. The summed E-state index contributed by atoms with van der Waals surface area (Å²) in [4.78, 5) is 27.3. The molecule has 0 unspecified atom stereocenters. The fourth-order valence-electron chi connectivity index (χ4n) is 2.53. The van der Waals surface area contributed by atoms with Gasteiger partial charge < -0.3 is 10.2 Å². The number of rotatable bonds is 6. The minimum absolute atomic E-state index is 0.149. The Hall–Kier alpha value is -3.99. The Bertz CT molecular complexity index is 1020. The van der Waals surface area contributed by atoms with Gasteiger partial charge in [-0.15, -0.1) is 16.6 Å². The van der Waals surface area contributed by atoms with Gasteiger partial charge >= 0.3 is 0 Å². The van der Waals surface area contributed by atoms with E-state index in [-0.39, 0.29) is 24.9 Å². The molecule has 0 atom stereocenters. The molecule has 8 heteroatoms. The van der Waals surface area contributed by atoms with Crippen LogP contribution in [-0.2, 0) is 16.1 Å². The highest BCUT2D eigenvalue weighted by Crippen LogP contribution is 2.17. The first-order valence-corrected chi connectivity index (χ1v) is 8.51. The number of hydrogen-bond donors (Lipinski definition) is 1. The van der Waals surface area contributed by atoms with Crippen LogP contribution in [0.4, 0.5) is 5.69 Å². The molecule has 140 valence electrons. The number of nitrogens with zero attached hydrogens (tertiary/aromatic N) is 5. The predicted octanol–water partition coefficient (Wildman–Crippen LogP) is 1.10. The van der Waals surface area contributed by atoms with Crippen molar-refractivity contribution in [3.63, 3.8) is 0 Å². The third-order valence-corrected chi connectivity index (χ3v) is 3.97. The standard InChI is InChI=1S/C20H18N6O2/c1-3-15-8-7-11-17(12-15)25(13-18(27)21-2)19(28)14-26-23-20(22-24-26)16-9-5-4-6-10-16/h1,4-12H,13-14H2,2H3,(H,21,27). The second-order valence-electron chi connectivity index (χ2n) is 5.86. The number of amides is 2. The maximum absolute atomic E-state index is 12.9. The van der Waals surface area contributed by atoms with Crippen LogP contribution in [0.2, 0.25) is 0 Å². The molecule has 3 rings (SSSR count). The molecule has 3 aromatic rings. The molecule has 0 bridgehead atoms. The molecule has 1 heterocycles. The van der Waals surface area contributed by atoms with E-state index in [1.807, 2.05) is 30.3 Å². The number of hydrogen-bond acceptors (Lipinski definition) is 5. The number of nitrogens with one attached hydrogen (secondary N) is 1. The largest absolute Gasteiger partial charge is 0.358 e. The normalized spacial score (nSPS) is 10.1. The number of tetrazole rings is 1. The molecule has 0 spiro atoms. The fourth-order valence-corrected chi connectivity index (χ4v) is 2.53. The number of benzene rings is 2. The zero-order chi connectivity index (χ0) is 19.9. The van der Waals surface area contributed by atoms with Crippen molar-refractivity contribution in [1.82, 2.24) is 25.5 Å². The van der Waals surface area contributed by atoms with Gasteiger partial charge in [-0.1, -0.05) is 42.3 Å². The number of aromatic nitrogens is 4. The van der Waals surface area contributed by atoms with Gasteiger partial charge in [-0.2, -0.15) is 4.80 Å². The monoisotopic (exact) mass is 374 g/mol. The van der Waals surface area contributed by atoms with Crippen LogP contribution >= 0.6 is 0 Å². The van der Waals surface area contributed by atoms with E-state index in [4.69, 9.17) is 6.42 Å². The van der Waals surface area contributed by atoms with Crippen LogP contribution in [-0.4, -0.2) is 45.6 Å². The highest BCUT2D eigenvalue weighted by atomic mass is 16.2. The second kappa shape index (κ2) is 8.60. The van der Waals surface area contributed by atoms with Crippen molar-refractivity contribution >= 4 is 17.5 Å². The van der Waals surface area contributed by atoms with Gasteiger partial charge in [-0.05, 0) is 23.4 Å². The molecule has 0 saturated heterocycles. The molecule has 1 N–H and O–H groups in total. The lowest BCUT2D eigenvalue weighted by Gasteiger charge is -2.22. The molecule has 1 aromatic heterocycles. The van der Waals surface area contributed by atoms with Crippen molar-refractivity contribution in [2.75, 3.05) is 18.5 Å². The van der Waals surface area contributed by atoms with Gasteiger partial charge in [0.05, 0.1) is 0 Å². The molecule has 0 fully saturated rings. The highest BCUT2D eigenvalue weighted by molar-refractivity contribution is 5.98. The Morgan fingerprint density at radius 1 is 1.18 bits per heavy atom. The summed E-state index contributed by atoms with van der Waals surface area (Å²) >= 11 is 0. The average molecular weight is 374 g/mol. The molecule has 8 nitrogen and oxygen atoms in total. The van der Waals surface area contributed by atoms with Crippen LogP contribution in [0.5, 0.6) is 0 Å². The van der Waals surface area contributed by atoms with Crippen LogP contribution in [0.3, 0.4) is 0 Å². The summed E-state index contributed by atoms with van der Waals surface area (Å²) in [5.74, 6) is 2.26. The van der Waals surface area contributed by atoms with Crippen molar-refractivity contribution in [3.8, 4) is 23.7 Å². The smallest absolute Gasteiger partial charge is 0.251 e. The Kier molecular flexibility index (Phi) is 5.77. The van der Waals surface area contributed by atoms with Crippen LogP contribution in [0.25, 0.3) is 11.4 Å². The summed E-state index contributed by atoms with van der Waals surface area (Å²) in [5, 5.41) is 14.7. The van der Waals surface area contributed by atoms with Crippen molar-refractivity contribution in [2.24, 2.45) is 0 Å². The number of carbonyl (C=O) groups excluding carboxylic acids is 2. The van der Waals surface area contributed by atoms with E-state index in [0.29, 0.717) is 17.1 Å². The van der Waals surface area contributed by atoms with E-state index in [0.717, 1.165) is 5.56 Å². The van der Waals surface area contributed by atoms with Gasteiger partial charge in [-0.3, -0.25) is 9.59 Å². The minimum Gasteiger partial charge on any atom is -0.358 e. The van der Waals surface area contributed by atoms with Gasteiger partial charge in [0.15, 0.2) is 0 Å². The zero-order valence-corrected chi connectivity index (χ0v) is 15.2. The topological polar surface area (TPSA) is 93.0 Å². The second-order valence-corrected chi connectivity index (χ2v) is 5.86. The maximum Gasteiger partial charge on any atom is 0.251 e.